The summed E-state index contributed by atoms with van der Waals surface area (Å²) in [5, 5.41) is 14.0. The summed E-state index contributed by atoms with van der Waals surface area (Å²) in [6.45, 7) is 8.60. The van der Waals surface area contributed by atoms with Crippen LogP contribution in [0.15, 0.2) is 0 Å². The van der Waals surface area contributed by atoms with Gasteiger partial charge >= 0.3 is 0 Å². The van der Waals surface area contributed by atoms with E-state index in [-0.39, 0.29) is 11.5 Å². The zero-order chi connectivity index (χ0) is 11.5. The van der Waals surface area contributed by atoms with E-state index in [0.717, 1.165) is 29.8 Å². The van der Waals surface area contributed by atoms with E-state index in [4.69, 9.17) is 0 Å². The molecular formula is C11H20N2OS. The summed E-state index contributed by atoms with van der Waals surface area (Å²) in [4.78, 5) is 0.946. The van der Waals surface area contributed by atoms with Crippen molar-refractivity contribution in [2.45, 2.75) is 53.1 Å². The van der Waals surface area contributed by atoms with Crippen molar-refractivity contribution in [1.29, 1.82) is 0 Å². The van der Waals surface area contributed by atoms with E-state index in [2.05, 4.69) is 30.4 Å². The Hall–Kier alpha value is -0.480. The molecule has 1 unspecified atom stereocenters. The van der Waals surface area contributed by atoms with Crippen LogP contribution in [0, 0.1) is 5.41 Å². The normalized spacial score (nSPS) is 14.2. The molecule has 1 atom stereocenters. The van der Waals surface area contributed by atoms with Crippen molar-refractivity contribution in [1.82, 2.24) is 9.59 Å². The van der Waals surface area contributed by atoms with Crippen molar-refractivity contribution in [3.8, 4) is 0 Å². The van der Waals surface area contributed by atoms with Crippen molar-refractivity contribution in [2.75, 3.05) is 0 Å². The van der Waals surface area contributed by atoms with Crippen LogP contribution in [-0.4, -0.2) is 14.7 Å². The van der Waals surface area contributed by atoms with Gasteiger partial charge in [-0.2, -0.15) is 0 Å². The number of aliphatic hydroxyl groups is 1. The van der Waals surface area contributed by atoms with Crippen LogP contribution in [0.2, 0.25) is 0 Å². The lowest BCUT2D eigenvalue weighted by atomic mass is 9.89. The number of aliphatic hydroxyl groups excluding tert-OH is 1. The predicted molar refractivity (Wildman–Crippen MR) is 62.9 cm³/mol. The number of hydrogen-bond donors (Lipinski definition) is 1. The molecule has 0 aliphatic heterocycles. The van der Waals surface area contributed by atoms with E-state index < -0.39 is 0 Å². The van der Waals surface area contributed by atoms with Crippen molar-refractivity contribution < 1.29 is 5.11 Å². The van der Waals surface area contributed by atoms with E-state index in [0.29, 0.717) is 0 Å². The second kappa shape index (κ2) is 5.03. The van der Waals surface area contributed by atoms with E-state index in [1.165, 1.54) is 11.5 Å². The Morgan fingerprint density at radius 2 is 2.07 bits per heavy atom. The molecule has 0 aliphatic carbocycles. The Balaban J connectivity index is 2.57. The van der Waals surface area contributed by atoms with Gasteiger partial charge in [0.2, 0.25) is 0 Å². The first kappa shape index (κ1) is 12.6. The maximum Gasteiger partial charge on any atom is 0.0917 e. The van der Waals surface area contributed by atoms with Crippen molar-refractivity contribution in [3.63, 3.8) is 0 Å². The van der Waals surface area contributed by atoms with E-state index in [1.807, 2.05) is 6.92 Å². The largest absolute Gasteiger partial charge is 0.387 e. The number of nitrogens with zero attached hydrogens (tertiary/aromatic N) is 2. The highest BCUT2D eigenvalue weighted by molar-refractivity contribution is 7.05. The Kier molecular flexibility index (Phi) is 4.22. The van der Waals surface area contributed by atoms with E-state index in [1.54, 1.807) is 0 Å². The maximum absolute atomic E-state index is 10.0. The first-order valence-electron chi connectivity index (χ1n) is 5.43. The van der Waals surface area contributed by atoms with Gasteiger partial charge in [-0.3, -0.25) is 0 Å². The molecule has 0 spiro atoms. The number of aryl methyl sites for hydroxylation is 1. The summed E-state index contributed by atoms with van der Waals surface area (Å²) < 4.78 is 3.89. The number of hydrogen-bond acceptors (Lipinski definition) is 4. The minimum absolute atomic E-state index is 0.269. The molecule has 1 rings (SSSR count). The molecule has 15 heavy (non-hydrogen) atoms. The molecule has 1 aromatic heterocycles. The third kappa shape index (κ3) is 3.87. The van der Waals surface area contributed by atoms with Crippen LogP contribution in [-0.2, 0) is 6.42 Å². The smallest absolute Gasteiger partial charge is 0.0917 e. The van der Waals surface area contributed by atoms with Gasteiger partial charge < -0.3 is 5.11 Å². The molecule has 1 heterocycles. The van der Waals surface area contributed by atoms with Crippen LogP contribution in [0.5, 0.6) is 0 Å². The Labute approximate surface area is 95.7 Å². The summed E-state index contributed by atoms with van der Waals surface area (Å²) in [6, 6.07) is 0. The molecule has 0 fully saturated rings. The molecule has 0 bridgehead atoms. The number of aromatic nitrogens is 2. The van der Waals surface area contributed by atoms with E-state index >= 15 is 0 Å². The summed E-state index contributed by atoms with van der Waals surface area (Å²) in [5.74, 6) is 0. The average molecular weight is 228 g/mol. The predicted octanol–water partition coefficient (Wildman–Crippen LogP) is 2.96. The molecular weight excluding hydrogens is 208 g/mol. The van der Waals surface area contributed by atoms with Gasteiger partial charge in [-0.15, -0.1) is 5.10 Å². The van der Waals surface area contributed by atoms with Crippen LogP contribution >= 0.6 is 11.5 Å². The van der Waals surface area contributed by atoms with Gasteiger partial charge in [-0.25, -0.2) is 0 Å². The third-order valence-corrected chi connectivity index (χ3v) is 3.26. The van der Waals surface area contributed by atoms with Gasteiger partial charge in [-0.1, -0.05) is 32.2 Å². The zero-order valence-corrected chi connectivity index (χ0v) is 10.8. The molecule has 0 aromatic carbocycles. The Morgan fingerprint density at radius 1 is 1.40 bits per heavy atom. The van der Waals surface area contributed by atoms with Gasteiger partial charge in [0.1, 0.15) is 0 Å². The molecule has 0 amide bonds. The van der Waals surface area contributed by atoms with Crippen LogP contribution in [0.4, 0.5) is 0 Å². The first-order valence-corrected chi connectivity index (χ1v) is 6.20. The Morgan fingerprint density at radius 3 is 2.60 bits per heavy atom. The summed E-state index contributed by atoms with van der Waals surface area (Å²) >= 11 is 1.32. The molecule has 1 aromatic rings. The molecule has 4 heteroatoms. The first-order chi connectivity index (χ1) is 6.94. The molecule has 0 aliphatic rings. The van der Waals surface area contributed by atoms with Crippen LogP contribution in [0.25, 0.3) is 0 Å². The highest BCUT2D eigenvalue weighted by Gasteiger charge is 2.19. The quantitative estimate of drug-likeness (QED) is 0.861. The SMILES string of the molecule is CCc1nnsc1C(O)CCC(C)(C)C. The van der Waals surface area contributed by atoms with Gasteiger partial charge in [0.25, 0.3) is 0 Å². The monoisotopic (exact) mass is 228 g/mol. The van der Waals surface area contributed by atoms with Crippen LogP contribution in [0.1, 0.15) is 57.2 Å². The lowest BCUT2D eigenvalue weighted by Crippen LogP contribution is -2.08. The fourth-order valence-corrected chi connectivity index (χ4v) is 2.17. The summed E-state index contributed by atoms with van der Waals surface area (Å²) in [6.07, 6.45) is 2.26. The van der Waals surface area contributed by atoms with Gasteiger partial charge in [0.05, 0.1) is 16.7 Å². The van der Waals surface area contributed by atoms with E-state index in [9.17, 15) is 5.11 Å². The topological polar surface area (TPSA) is 46.0 Å². The van der Waals surface area contributed by atoms with Crippen molar-refractivity contribution >= 4 is 11.5 Å². The lowest BCUT2D eigenvalue weighted by Gasteiger charge is -2.19. The Bertz CT molecular complexity index is 304. The number of rotatable bonds is 4. The minimum atomic E-state index is -0.390. The molecule has 3 nitrogen and oxygen atoms in total. The van der Waals surface area contributed by atoms with Gasteiger partial charge in [-0.05, 0) is 36.2 Å². The molecule has 0 radical (unpaired) electrons. The molecule has 86 valence electrons. The molecule has 1 N–H and O–H groups in total. The highest BCUT2D eigenvalue weighted by Crippen LogP contribution is 2.29. The molecule has 0 saturated heterocycles. The second-order valence-electron chi connectivity index (χ2n) is 5.05. The van der Waals surface area contributed by atoms with Crippen molar-refractivity contribution in [3.05, 3.63) is 10.6 Å². The molecule has 0 saturated carbocycles. The maximum atomic E-state index is 10.0. The highest BCUT2D eigenvalue weighted by atomic mass is 32.1. The van der Waals surface area contributed by atoms with Gasteiger partial charge in [0, 0.05) is 0 Å². The summed E-state index contributed by atoms with van der Waals surface area (Å²) in [5.41, 5.74) is 1.22. The minimum Gasteiger partial charge on any atom is -0.387 e. The summed E-state index contributed by atoms with van der Waals surface area (Å²) in [7, 11) is 0. The fraction of sp³-hybridized carbons (Fsp3) is 0.818. The van der Waals surface area contributed by atoms with Crippen LogP contribution < -0.4 is 0 Å². The van der Waals surface area contributed by atoms with Gasteiger partial charge in [0.15, 0.2) is 0 Å². The second-order valence-corrected chi connectivity index (χ2v) is 5.84. The standard InChI is InChI=1S/C11H20N2OS/c1-5-8-10(15-13-12-8)9(14)6-7-11(2,3)4/h9,14H,5-7H2,1-4H3. The average Bonchev–Trinajstić information content (AvgIpc) is 2.60. The third-order valence-electron chi connectivity index (χ3n) is 2.39. The zero-order valence-electron chi connectivity index (χ0n) is 9.95. The van der Waals surface area contributed by atoms with Crippen molar-refractivity contribution in [2.24, 2.45) is 5.41 Å². The lowest BCUT2D eigenvalue weighted by molar-refractivity contribution is 0.150. The fourth-order valence-electron chi connectivity index (χ4n) is 1.41. The van der Waals surface area contributed by atoms with Crippen LogP contribution in [0.3, 0.4) is 0 Å².